The Hall–Kier alpha value is -2.22. The van der Waals surface area contributed by atoms with Crippen LogP contribution in [0.1, 0.15) is 17.2 Å². The molecule has 2 aromatic carbocycles. The van der Waals surface area contributed by atoms with Gasteiger partial charge in [0, 0.05) is 5.56 Å². The second-order valence-corrected chi connectivity index (χ2v) is 4.21. The predicted octanol–water partition coefficient (Wildman–Crippen LogP) is 3.84. The summed E-state index contributed by atoms with van der Waals surface area (Å²) >= 11 is 0. The molecule has 0 saturated heterocycles. The number of methoxy groups -OCH3 is 1. The van der Waals surface area contributed by atoms with Crippen LogP contribution in [0.25, 0.3) is 6.08 Å². The molecule has 0 aliphatic carbocycles. The fraction of sp³-hybridized carbons (Fsp3) is 0.125. The number of rotatable bonds is 2. The number of fused-ring (bicyclic) bond motifs is 1. The summed E-state index contributed by atoms with van der Waals surface area (Å²) < 4.78 is 11.1. The van der Waals surface area contributed by atoms with Crippen molar-refractivity contribution in [3.05, 3.63) is 65.7 Å². The molecule has 1 atom stereocenters. The van der Waals surface area contributed by atoms with Gasteiger partial charge in [-0.15, -0.1) is 0 Å². The van der Waals surface area contributed by atoms with E-state index in [-0.39, 0.29) is 6.10 Å². The highest BCUT2D eigenvalue weighted by molar-refractivity contribution is 5.60. The monoisotopic (exact) mass is 238 g/mol. The van der Waals surface area contributed by atoms with E-state index in [9.17, 15) is 0 Å². The van der Waals surface area contributed by atoms with Crippen LogP contribution in [0.4, 0.5) is 0 Å². The summed E-state index contributed by atoms with van der Waals surface area (Å²) in [6.45, 7) is 0. The van der Waals surface area contributed by atoms with E-state index in [0.717, 1.165) is 22.6 Å². The molecule has 0 radical (unpaired) electrons. The Labute approximate surface area is 106 Å². The molecule has 1 aliphatic rings. The van der Waals surface area contributed by atoms with Crippen molar-refractivity contribution in [2.75, 3.05) is 7.11 Å². The zero-order valence-corrected chi connectivity index (χ0v) is 10.2. The average molecular weight is 238 g/mol. The van der Waals surface area contributed by atoms with Crippen LogP contribution in [-0.2, 0) is 0 Å². The molecule has 0 bridgehead atoms. The largest absolute Gasteiger partial charge is 0.497 e. The van der Waals surface area contributed by atoms with Gasteiger partial charge in [0.15, 0.2) is 0 Å². The number of hydrogen-bond donors (Lipinski definition) is 0. The van der Waals surface area contributed by atoms with E-state index in [1.165, 1.54) is 0 Å². The van der Waals surface area contributed by atoms with Crippen LogP contribution in [-0.4, -0.2) is 7.11 Å². The molecule has 0 spiro atoms. The minimum absolute atomic E-state index is 0.0224. The summed E-state index contributed by atoms with van der Waals surface area (Å²) in [5.41, 5.74) is 2.25. The van der Waals surface area contributed by atoms with E-state index in [1.54, 1.807) is 7.11 Å². The number of hydrogen-bond acceptors (Lipinski definition) is 2. The lowest BCUT2D eigenvalue weighted by atomic mass is 10.0. The van der Waals surface area contributed by atoms with Gasteiger partial charge in [0.1, 0.15) is 17.6 Å². The summed E-state index contributed by atoms with van der Waals surface area (Å²) in [4.78, 5) is 0. The normalized spacial score (nSPS) is 16.8. The first-order valence-electron chi connectivity index (χ1n) is 5.94. The fourth-order valence-corrected chi connectivity index (χ4v) is 2.07. The van der Waals surface area contributed by atoms with Crippen LogP contribution < -0.4 is 9.47 Å². The summed E-state index contributed by atoms with van der Waals surface area (Å²) in [6, 6.07) is 16.0. The lowest BCUT2D eigenvalue weighted by molar-refractivity contribution is 0.251. The highest BCUT2D eigenvalue weighted by atomic mass is 16.5. The van der Waals surface area contributed by atoms with E-state index in [2.05, 4.69) is 18.2 Å². The minimum Gasteiger partial charge on any atom is -0.497 e. The zero-order chi connectivity index (χ0) is 12.4. The lowest BCUT2D eigenvalue weighted by Gasteiger charge is -2.21. The lowest BCUT2D eigenvalue weighted by Crippen LogP contribution is -2.08. The summed E-state index contributed by atoms with van der Waals surface area (Å²) in [6.07, 6.45) is 4.16. The van der Waals surface area contributed by atoms with Gasteiger partial charge < -0.3 is 9.47 Å². The van der Waals surface area contributed by atoms with Crippen LogP contribution in [0, 0.1) is 0 Å². The Morgan fingerprint density at radius 2 is 1.78 bits per heavy atom. The molecule has 18 heavy (non-hydrogen) atoms. The van der Waals surface area contributed by atoms with Crippen LogP contribution in [0.2, 0.25) is 0 Å². The van der Waals surface area contributed by atoms with E-state index < -0.39 is 0 Å². The smallest absolute Gasteiger partial charge is 0.142 e. The second-order valence-electron chi connectivity index (χ2n) is 4.21. The van der Waals surface area contributed by atoms with Crippen LogP contribution in [0.15, 0.2) is 54.6 Å². The Kier molecular flexibility index (Phi) is 2.77. The van der Waals surface area contributed by atoms with Gasteiger partial charge in [0.25, 0.3) is 0 Å². The third kappa shape index (κ3) is 1.97. The van der Waals surface area contributed by atoms with Crippen molar-refractivity contribution in [1.29, 1.82) is 0 Å². The maximum atomic E-state index is 5.96. The van der Waals surface area contributed by atoms with Gasteiger partial charge in [-0.05, 0) is 29.8 Å². The standard InChI is InChI=1S/C16H14O2/c1-17-14-9-6-13(7-10-14)16-11-8-12-4-2-3-5-15(12)18-16/h2-11,16H,1H3. The van der Waals surface area contributed by atoms with Crippen LogP contribution >= 0.6 is 0 Å². The van der Waals surface area contributed by atoms with Crippen LogP contribution in [0.5, 0.6) is 11.5 Å². The average Bonchev–Trinajstić information content (AvgIpc) is 2.47. The first-order valence-corrected chi connectivity index (χ1v) is 5.94. The van der Waals surface area contributed by atoms with Crippen molar-refractivity contribution in [2.45, 2.75) is 6.10 Å². The number of para-hydroxylation sites is 1. The fourth-order valence-electron chi connectivity index (χ4n) is 2.07. The molecule has 2 aromatic rings. The Bertz CT molecular complexity index is 570. The molecule has 1 aliphatic heterocycles. The summed E-state index contributed by atoms with van der Waals surface area (Å²) in [7, 11) is 1.67. The van der Waals surface area contributed by atoms with E-state index in [1.807, 2.05) is 42.5 Å². The van der Waals surface area contributed by atoms with Crippen molar-refractivity contribution < 1.29 is 9.47 Å². The van der Waals surface area contributed by atoms with E-state index in [0.29, 0.717) is 0 Å². The summed E-state index contributed by atoms with van der Waals surface area (Å²) in [5.74, 6) is 1.79. The van der Waals surface area contributed by atoms with Gasteiger partial charge in [-0.1, -0.05) is 36.4 Å². The van der Waals surface area contributed by atoms with Gasteiger partial charge >= 0.3 is 0 Å². The van der Waals surface area contributed by atoms with Crippen molar-refractivity contribution in [3.8, 4) is 11.5 Å². The highest BCUT2D eigenvalue weighted by Gasteiger charge is 2.15. The van der Waals surface area contributed by atoms with Crippen molar-refractivity contribution in [2.24, 2.45) is 0 Å². The Morgan fingerprint density at radius 1 is 1.00 bits per heavy atom. The molecule has 90 valence electrons. The number of ether oxygens (including phenoxy) is 2. The molecule has 1 heterocycles. The van der Waals surface area contributed by atoms with Crippen molar-refractivity contribution >= 4 is 6.08 Å². The first-order chi connectivity index (χ1) is 8.86. The maximum Gasteiger partial charge on any atom is 0.142 e. The number of benzene rings is 2. The molecule has 3 rings (SSSR count). The van der Waals surface area contributed by atoms with Gasteiger partial charge in [0.05, 0.1) is 7.11 Å². The van der Waals surface area contributed by atoms with Crippen molar-refractivity contribution in [3.63, 3.8) is 0 Å². The molecule has 2 nitrogen and oxygen atoms in total. The molecule has 0 fully saturated rings. The Balaban J connectivity index is 1.87. The first kappa shape index (κ1) is 10.9. The van der Waals surface area contributed by atoms with Crippen LogP contribution in [0.3, 0.4) is 0 Å². The topological polar surface area (TPSA) is 18.5 Å². The molecule has 0 aromatic heterocycles. The third-order valence-electron chi connectivity index (χ3n) is 3.07. The van der Waals surface area contributed by atoms with Gasteiger partial charge in [-0.25, -0.2) is 0 Å². The Morgan fingerprint density at radius 3 is 2.56 bits per heavy atom. The van der Waals surface area contributed by atoms with Gasteiger partial charge in [-0.3, -0.25) is 0 Å². The molecule has 0 N–H and O–H groups in total. The molecular weight excluding hydrogens is 224 g/mol. The maximum absolute atomic E-state index is 5.96. The molecular formula is C16H14O2. The van der Waals surface area contributed by atoms with E-state index >= 15 is 0 Å². The molecule has 0 amide bonds. The van der Waals surface area contributed by atoms with Gasteiger partial charge in [0.2, 0.25) is 0 Å². The summed E-state index contributed by atoms with van der Waals surface area (Å²) in [5, 5.41) is 0. The quantitative estimate of drug-likeness (QED) is 0.791. The molecule has 0 saturated carbocycles. The highest BCUT2D eigenvalue weighted by Crippen LogP contribution is 2.32. The zero-order valence-electron chi connectivity index (χ0n) is 10.2. The molecule has 1 unspecified atom stereocenters. The minimum atomic E-state index is -0.0224. The van der Waals surface area contributed by atoms with Crippen molar-refractivity contribution in [1.82, 2.24) is 0 Å². The molecule has 2 heteroatoms. The SMILES string of the molecule is COc1ccc(C2C=Cc3ccccc3O2)cc1. The second kappa shape index (κ2) is 4.57. The predicted molar refractivity (Wildman–Crippen MR) is 71.8 cm³/mol. The third-order valence-corrected chi connectivity index (χ3v) is 3.07. The van der Waals surface area contributed by atoms with E-state index in [4.69, 9.17) is 9.47 Å². The van der Waals surface area contributed by atoms with Gasteiger partial charge in [-0.2, -0.15) is 0 Å².